The van der Waals surface area contributed by atoms with Gasteiger partial charge in [0.1, 0.15) is 10.6 Å². The molecular formula is C9H9FN2S. The van der Waals surface area contributed by atoms with Gasteiger partial charge in [0.05, 0.1) is 11.4 Å². The van der Waals surface area contributed by atoms with Crippen LogP contribution in [0, 0.1) is 5.82 Å². The van der Waals surface area contributed by atoms with Gasteiger partial charge in [-0.25, -0.2) is 9.37 Å². The van der Waals surface area contributed by atoms with Crippen LogP contribution in [-0.4, -0.2) is 4.98 Å². The Balaban J connectivity index is 2.76. The number of nitrogens with two attached hydrogens (primary N) is 1. The lowest BCUT2D eigenvalue weighted by Crippen LogP contribution is -1.92. The van der Waals surface area contributed by atoms with Crippen LogP contribution in [0.5, 0.6) is 0 Å². The molecule has 0 bridgehead atoms. The van der Waals surface area contributed by atoms with E-state index in [1.165, 1.54) is 17.4 Å². The smallest absolute Gasteiger partial charge is 0.145 e. The number of nitrogens with zero attached hydrogens (tertiary/aromatic N) is 1. The summed E-state index contributed by atoms with van der Waals surface area (Å²) in [5.74, 6) is -0.264. The largest absolute Gasteiger partial charge is 0.398 e. The summed E-state index contributed by atoms with van der Waals surface area (Å²) in [4.78, 5) is 4.99. The van der Waals surface area contributed by atoms with Crippen molar-refractivity contribution < 1.29 is 4.39 Å². The minimum atomic E-state index is -0.264. The maximum Gasteiger partial charge on any atom is 0.145 e. The summed E-state index contributed by atoms with van der Waals surface area (Å²) in [5, 5.41) is 2.51. The molecule has 2 nitrogen and oxygen atoms in total. The van der Waals surface area contributed by atoms with Crippen molar-refractivity contribution in [1.29, 1.82) is 0 Å². The number of fused-ring (bicyclic) bond motifs is 1. The number of aryl methyl sites for hydroxylation is 1. The fourth-order valence-electron chi connectivity index (χ4n) is 1.24. The highest BCUT2D eigenvalue weighted by Gasteiger charge is 2.07. The molecule has 2 aromatic heterocycles. The Morgan fingerprint density at radius 2 is 2.38 bits per heavy atom. The maximum absolute atomic E-state index is 13.3. The summed E-state index contributed by atoms with van der Waals surface area (Å²) >= 11 is 1.45. The van der Waals surface area contributed by atoms with Crippen molar-refractivity contribution in [3.05, 3.63) is 23.0 Å². The number of rotatable bonds is 1. The molecule has 0 spiro atoms. The number of pyridine rings is 1. The quantitative estimate of drug-likeness (QED) is 0.761. The van der Waals surface area contributed by atoms with Crippen LogP contribution in [0.25, 0.3) is 10.2 Å². The molecule has 0 aliphatic heterocycles. The van der Waals surface area contributed by atoms with E-state index in [1.54, 1.807) is 5.38 Å². The Morgan fingerprint density at radius 1 is 1.62 bits per heavy atom. The third-order valence-electron chi connectivity index (χ3n) is 1.96. The minimum absolute atomic E-state index is 0.264. The molecule has 2 aromatic rings. The number of hydrogen-bond donors (Lipinski definition) is 1. The van der Waals surface area contributed by atoms with Gasteiger partial charge in [-0.15, -0.1) is 11.3 Å². The van der Waals surface area contributed by atoms with Crippen LogP contribution in [0.2, 0.25) is 0 Å². The van der Waals surface area contributed by atoms with E-state index in [0.29, 0.717) is 17.8 Å². The predicted octanol–water partition coefficient (Wildman–Crippen LogP) is 2.58. The van der Waals surface area contributed by atoms with Gasteiger partial charge in [-0.05, 0) is 12.5 Å². The van der Waals surface area contributed by atoms with Gasteiger partial charge in [-0.1, -0.05) is 6.92 Å². The zero-order valence-corrected chi connectivity index (χ0v) is 7.99. The predicted molar refractivity (Wildman–Crippen MR) is 53.4 cm³/mol. The van der Waals surface area contributed by atoms with Gasteiger partial charge < -0.3 is 5.73 Å². The molecule has 2 N–H and O–H groups in total. The Labute approximate surface area is 79.2 Å². The van der Waals surface area contributed by atoms with E-state index in [4.69, 9.17) is 5.73 Å². The zero-order chi connectivity index (χ0) is 9.42. The fourth-order valence-corrected chi connectivity index (χ4v) is 2.07. The SMILES string of the molecule is CCc1nc2scc(N)c2cc1F. The first kappa shape index (κ1) is 8.44. The third-order valence-corrected chi connectivity index (χ3v) is 2.86. The Bertz CT molecular complexity index is 450. The summed E-state index contributed by atoms with van der Waals surface area (Å²) in [6.45, 7) is 1.88. The van der Waals surface area contributed by atoms with Gasteiger partial charge in [-0.2, -0.15) is 0 Å². The highest BCUT2D eigenvalue weighted by molar-refractivity contribution is 7.17. The highest BCUT2D eigenvalue weighted by Crippen LogP contribution is 2.27. The molecule has 0 atom stereocenters. The molecule has 13 heavy (non-hydrogen) atoms. The molecule has 0 saturated heterocycles. The fraction of sp³-hybridized carbons (Fsp3) is 0.222. The second kappa shape index (κ2) is 2.96. The van der Waals surface area contributed by atoms with Gasteiger partial charge in [0.25, 0.3) is 0 Å². The van der Waals surface area contributed by atoms with Crippen LogP contribution in [-0.2, 0) is 6.42 Å². The summed E-state index contributed by atoms with van der Waals surface area (Å²) in [6.07, 6.45) is 0.611. The Morgan fingerprint density at radius 3 is 3.08 bits per heavy atom. The molecule has 0 aliphatic rings. The van der Waals surface area contributed by atoms with Crippen LogP contribution < -0.4 is 5.73 Å². The van der Waals surface area contributed by atoms with Crippen LogP contribution in [0.3, 0.4) is 0 Å². The lowest BCUT2D eigenvalue weighted by molar-refractivity contribution is 0.605. The van der Waals surface area contributed by atoms with Crippen LogP contribution in [0.1, 0.15) is 12.6 Å². The third kappa shape index (κ3) is 1.27. The number of halogens is 1. The van der Waals surface area contributed by atoms with Gasteiger partial charge in [0.2, 0.25) is 0 Å². The van der Waals surface area contributed by atoms with Crippen LogP contribution >= 0.6 is 11.3 Å². The first-order chi connectivity index (χ1) is 6.22. The molecular weight excluding hydrogens is 187 g/mol. The Kier molecular flexibility index (Phi) is 1.92. The lowest BCUT2D eigenvalue weighted by Gasteiger charge is -1.98. The normalized spacial score (nSPS) is 10.9. The monoisotopic (exact) mass is 196 g/mol. The number of thiophene rings is 1. The van der Waals surface area contributed by atoms with Crippen LogP contribution in [0.15, 0.2) is 11.4 Å². The molecule has 4 heteroatoms. The molecule has 0 saturated carbocycles. The van der Waals surface area contributed by atoms with Gasteiger partial charge >= 0.3 is 0 Å². The Hall–Kier alpha value is -1.16. The average molecular weight is 196 g/mol. The van der Waals surface area contributed by atoms with E-state index in [2.05, 4.69) is 4.98 Å². The van der Waals surface area contributed by atoms with E-state index in [1.807, 2.05) is 6.92 Å². The lowest BCUT2D eigenvalue weighted by atomic mass is 10.2. The van der Waals surface area contributed by atoms with E-state index in [9.17, 15) is 4.39 Å². The molecule has 0 radical (unpaired) electrons. The van der Waals surface area contributed by atoms with Crippen molar-refractivity contribution in [3.8, 4) is 0 Å². The van der Waals surface area contributed by atoms with E-state index in [-0.39, 0.29) is 5.82 Å². The first-order valence-electron chi connectivity index (χ1n) is 4.04. The highest BCUT2D eigenvalue weighted by atomic mass is 32.1. The van der Waals surface area contributed by atoms with Crippen molar-refractivity contribution in [2.45, 2.75) is 13.3 Å². The number of aromatic nitrogens is 1. The summed E-state index contributed by atoms with van der Waals surface area (Å²) < 4.78 is 13.3. The van der Waals surface area contributed by atoms with Crippen molar-refractivity contribution >= 4 is 27.2 Å². The molecule has 0 unspecified atom stereocenters. The molecule has 68 valence electrons. The van der Waals surface area contributed by atoms with Crippen LogP contribution in [0.4, 0.5) is 10.1 Å². The molecule has 0 fully saturated rings. The maximum atomic E-state index is 13.3. The molecule has 0 aliphatic carbocycles. The second-order valence-electron chi connectivity index (χ2n) is 2.81. The average Bonchev–Trinajstić information content (AvgIpc) is 2.47. The molecule has 0 amide bonds. The van der Waals surface area contributed by atoms with Gasteiger partial charge in [-0.3, -0.25) is 0 Å². The summed E-state index contributed by atoms with van der Waals surface area (Å²) in [5.41, 5.74) is 6.75. The van der Waals surface area contributed by atoms with Gasteiger partial charge in [0.15, 0.2) is 0 Å². The number of nitrogen functional groups attached to an aromatic ring is 1. The topological polar surface area (TPSA) is 38.9 Å². The zero-order valence-electron chi connectivity index (χ0n) is 7.17. The van der Waals surface area contributed by atoms with E-state index in [0.717, 1.165) is 10.2 Å². The van der Waals surface area contributed by atoms with Gasteiger partial charge in [0, 0.05) is 10.8 Å². The van der Waals surface area contributed by atoms with Crippen molar-refractivity contribution in [3.63, 3.8) is 0 Å². The molecule has 2 rings (SSSR count). The van der Waals surface area contributed by atoms with Crippen molar-refractivity contribution in [2.75, 3.05) is 5.73 Å². The first-order valence-corrected chi connectivity index (χ1v) is 4.92. The standard InChI is InChI=1S/C9H9FN2S/c1-2-8-6(10)3-5-7(11)4-13-9(5)12-8/h3-4H,2,11H2,1H3. The van der Waals surface area contributed by atoms with E-state index >= 15 is 0 Å². The van der Waals surface area contributed by atoms with Crippen molar-refractivity contribution in [2.24, 2.45) is 0 Å². The molecule has 2 heterocycles. The van der Waals surface area contributed by atoms with E-state index < -0.39 is 0 Å². The second-order valence-corrected chi connectivity index (χ2v) is 3.67. The van der Waals surface area contributed by atoms with Crippen molar-refractivity contribution in [1.82, 2.24) is 4.98 Å². The number of anilines is 1. The summed E-state index contributed by atoms with van der Waals surface area (Å²) in [6, 6.07) is 1.47. The minimum Gasteiger partial charge on any atom is -0.398 e. The number of hydrogen-bond acceptors (Lipinski definition) is 3. The molecule has 0 aromatic carbocycles. The summed E-state index contributed by atoms with van der Waals surface area (Å²) in [7, 11) is 0.